The smallest absolute Gasteiger partial charge is 0.305 e. The molecule has 0 N–H and O–H groups in total. The summed E-state index contributed by atoms with van der Waals surface area (Å²) in [5.74, 6) is -4.41. The molecule has 24 heavy (non-hydrogen) atoms. The lowest BCUT2D eigenvalue weighted by Gasteiger charge is -2.43. The van der Waals surface area contributed by atoms with Crippen LogP contribution in [0.1, 0.15) is 34.6 Å². The molecule has 2 heterocycles. The monoisotopic (exact) mass is 346 g/mol. The molecule has 2 saturated heterocycles. The number of fused-ring (bicyclic) bond motifs is 1. The maximum Gasteiger partial charge on any atom is 0.305 e. The van der Waals surface area contributed by atoms with Crippen molar-refractivity contribution < 1.29 is 42.8 Å². The lowest BCUT2D eigenvalue weighted by atomic mass is 9.97. The quantitative estimate of drug-likeness (QED) is 0.524. The third-order valence-corrected chi connectivity index (χ3v) is 3.53. The van der Waals surface area contributed by atoms with Crippen LogP contribution >= 0.6 is 0 Å². The van der Waals surface area contributed by atoms with Crippen molar-refractivity contribution in [1.29, 1.82) is 0 Å². The molecule has 2 rings (SSSR count). The lowest BCUT2D eigenvalue weighted by Crippen LogP contribution is -2.64. The Bertz CT molecular complexity index is 529. The number of rotatable bonds is 4. The van der Waals surface area contributed by atoms with Crippen LogP contribution in [0.2, 0.25) is 0 Å². The summed E-state index contributed by atoms with van der Waals surface area (Å²) in [5, 5.41) is 0. The Balaban J connectivity index is 2.32. The van der Waals surface area contributed by atoms with Crippen molar-refractivity contribution in [2.24, 2.45) is 0 Å². The topological polar surface area (TPSA) is 107 Å². The molecule has 0 spiro atoms. The summed E-state index contributed by atoms with van der Waals surface area (Å²) in [6, 6.07) is 0. The van der Waals surface area contributed by atoms with Gasteiger partial charge >= 0.3 is 17.9 Å². The second-order valence-electron chi connectivity index (χ2n) is 6.17. The van der Waals surface area contributed by atoms with Crippen molar-refractivity contribution in [3.8, 4) is 0 Å². The van der Waals surface area contributed by atoms with Gasteiger partial charge in [0.2, 0.25) is 0 Å². The number of hydrogen-bond donors (Lipinski definition) is 0. The summed E-state index contributed by atoms with van der Waals surface area (Å²) in [7, 11) is 0. The van der Waals surface area contributed by atoms with Crippen molar-refractivity contribution in [2.45, 2.75) is 64.5 Å². The van der Waals surface area contributed by atoms with E-state index in [2.05, 4.69) is 0 Å². The highest BCUT2D eigenvalue weighted by Gasteiger charge is 2.63. The average molecular weight is 346 g/mol. The third-order valence-electron chi connectivity index (χ3n) is 3.53. The highest BCUT2D eigenvalue weighted by atomic mass is 16.8. The minimum absolute atomic E-state index is 0.102. The first-order valence-corrected chi connectivity index (χ1v) is 7.54. The Hall–Kier alpha value is -1.71. The summed E-state index contributed by atoms with van der Waals surface area (Å²) < 4.78 is 32.8. The van der Waals surface area contributed by atoms with Crippen LogP contribution in [0.5, 0.6) is 0 Å². The predicted molar refractivity (Wildman–Crippen MR) is 76.5 cm³/mol. The Morgan fingerprint density at radius 1 is 1.04 bits per heavy atom. The van der Waals surface area contributed by atoms with Crippen LogP contribution in [-0.2, 0) is 42.8 Å². The molecule has 4 atom stereocenters. The Labute approximate surface area is 139 Å². The first-order chi connectivity index (χ1) is 11.0. The molecule has 0 aromatic rings. The Kier molecular flexibility index (Phi) is 5.17. The molecule has 136 valence electrons. The molecule has 0 radical (unpaired) electrons. The molecule has 9 heteroatoms. The van der Waals surface area contributed by atoms with Gasteiger partial charge in [-0.05, 0) is 13.8 Å². The van der Waals surface area contributed by atoms with Gasteiger partial charge in [-0.2, -0.15) is 0 Å². The first kappa shape index (κ1) is 18.6. The molecule has 4 unspecified atom stereocenters. The molecule has 0 saturated carbocycles. The van der Waals surface area contributed by atoms with Crippen LogP contribution in [0.25, 0.3) is 0 Å². The fraction of sp³-hybridized carbons (Fsp3) is 0.800. The van der Waals surface area contributed by atoms with Crippen molar-refractivity contribution in [3.63, 3.8) is 0 Å². The van der Waals surface area contributed by atoms with Gasteiger partial charge in [-0.1, -0.05) is 0 Å². The van der Waals surface area contributed by atoms with Crippen molar-refractivity contribution >= 4 is 17.9 Å². The number of esters is 3. The van der Waals surface area contributed by atoms with E-state index in [1.54, 1.807) is 13.8 Å². The van der Waals surface area contributed by atoms with Gasteiger partial charge in [-0.15, -0.1) is 0 Å². The third kappa shape index (κ3) is 4.03. The van der Waals surface area contributed by atoms with Gasteiger partial charge < -0.3 is 28.4 Å². The van der Waals surface area contributed by atoms with E-state index in [4.69, 9.17) is 28.4 Å². The molecule has 0 aromatic heterocycles. The van der Waals surface area contributed by atoms with E-state index < -0.39 is 47.8 Å². The summed E-state index contributed by atoms with van der Waals surface area (Å²) in [4.78, 5) is 34.0. The van der Waals surface area contributed by atoms with Crippen LogP contribution in [0.4, 0.5) is 0 Å². The second kappa shape index (κ2) is 6.66. The number of ether oxygens (including phenoxy) is 6. The van der Waals surface area contributed by atoms with Crippen molar-refractivity contribution in [3.05, 3.63) is 0 Å². The number of carbonyl (C=O) groups is 3. The van der Waals surface area contributed by atoms with E-state index in [9.17, 15) is 14.4 Å². The van der Waals surface area contributed by atoms with Gasteiger partial charge in [0.05, 0.1) is 6.61 Å². The van der Waals surface area contributed by atoms with Gasteiger partial charge in [0, 0.05) is 20.8 Å². The van der Waals surface area contributed by atoms with Crippen LogP contribution in [0.3, 0.4) is 0 Å². The van der Waals surface area contributed by atoms with E-state index in [1.165, 1.54) is 20.8 Å². The molecular formula is C15H22O9. The standard InChI is InChI=1S/C15H22O9/c1-8(16)19-7-15(22-10(3)18)13-12(23-14(4,5)24-13)11(6-20-15)21-9(2)17/h11-13H,6-7H2,1-5H3. The molecule has 0 aliphatic carbocycles. The summed E-state index contributed by atoms with van der Waals surface area (Å²) in [6.07, 6.45) is -2.42. The highest BCUT2D eigenvalue weighted by molar-refractivity contribution is 5.67. The van der Waals surface area contributed by atoms with E-state index in [-0.39, 0.29) is 13.2 Å². The maximum atomic E-state index is 11.5. The summed E-state index contributed by atoms with van der Waals surface area (Å²) in [5.41, 5.74) is 0. The van der Waals surface area contributed by atoms with E-state index in [0.29, 0.717) is 0 Å². The van der Waals surface area contributed by atoms with Gasteiger partial charge in [-0.25, -0.2) is 0 Å². The van der Waals surface area contributed by atoms with E-state index >= 15 is 0 Å². The Morgan fingerprint density at radius 3 is 2.25 bits per heavy atom. The summed E-state index contributed by atoms with van der Waals surface area (Å²) in [6.45, 7) is 6.56. The normalized spacial score (nSPS) is 34.1. The number of carbonyl (C=O) groups excluding carboxylic acids is 3. The second-order valence-corrected chi connectivity index (χ2v) is 6.17. The first-order valence-electron chi connectivity index (χ1n) is 7.54. The average Bonchev–Trinajstić information content (AvgIpc) is 2.75. The van der Waals surface area contributed by atoms with E-state index in [1.807, 2.05) is 0 Å². The number of hydrogen-bond acceptors (Lipinski definition) is 9. The summed E-state index contributed by atoms with van der Waals surface area (Å²) >= 11 is 0. The van der Waals surface area contributed by atoms with E-state index in [0.717, 1.165) is 0 Å². The van der Waals surface area contributed by atoms with Crippen LogP contribution in [0.15, 0.2) is 0 Å². The zero-order valence-electron chi connectivity index (χ0n) is 14.3. The molecule has 2 fully saturated rings. The zero-order chi connectivity index (χ0) is 18.1. The molecule has 0 bridgehead atoms. The maximum absolute atomic E-state index is 11.5. The zero-order valence-corrected chi connectivity index (χ0v) is 14.3. The van der Waals surface area contributed by atoms with Crippen LogP contribution in [-0.4, -0.2) is 61.0 Å². The fourth-order valence-electron chi connectivity index (χ4n) is 2.80. The van der Waals surface area contributed by atoms with Gasteiger partial charge in [-0.3, -0.25) is 14.4 Å². The molecule has 2 aliphatic rings. The largest absolute Gasteiger partial charge is 0.459 e. The lowest BCUT2D eigenvalue weighted by molar-refractivity contribution is -0.321. The van der Waals surface area contributed by atoms with Gasteiger partial charge in [0.15, 0.2) is 24.6 Å². The van der Waals surface area contributed by atoms with Crippen molar-refractivity contribution in [2.75, 3.05) is 13.2 Å². The highest BCUT2D eigenvalue weighted by Crippen LogP contribution is 2.42. The molecular weight excluding hydrogens is 324 g/mol. The fourth-order valence-corrected chi connectivity index (χ4v) is 2.80. The van der Waals surface area contributed by atoms with Gasteiger partial charge in [0.1, 0.15) is 6.10 Å². The molecule has 0 aromatic carbocycles. The van der Waals surface area contributed by atoms with Crippen LogP contribution in [0, 0.1) is 0 Å². The van der Waals surface area contributed by atoms with Crippen LogP contribution < -0.4 is 0 Å². The van der Waals surface area contributed by atoms with Crippen molar-refractivity contribution in [1.82, 2.24) is 0 Å². The molecule has 0 amide bonds. The minimum Gasteiger partial charge on any atom is -0.459 e. The Morgan fingerprint density at radius 2 is 1.71 bits per heavy atom. The SMILES string of the molecule is CC(=O)OCC1(OC(C)=O)OCC(OC(C)=O)C2OC(C)(C)OC21. The molecule has 9 nitrogen and oxygen atoms in total. The predicted octanol–water partition coefficient (Wildman–Crippen LogP) is 0.291. The van der Waals surface area contributed by atoms with Gasteiger partial charge in [0.25, 0.3) is 5.79 Å². The minimum atomic E-state index is -1.67. The molecule has 2 aliphatic heterocycles.